The average molecular weight is 432 g/mol. The van der Waals surface area contributed by atoms with E-state index in [9.17, 15) is 14.4 Å². The summed E-state index contributed by atoms with van der Waals surface area (Å²) in [6.07, 6.45) is 0. The summed E-state index contributed by atoms with van der Waals surface area (Å²) < 4.78 is 8.01. The third-order valence-electron chi connectivity index (χ3n) is 5.44. The van der Waals surface area contributed by atoms with Crippen LogP contribution in [-0.2, 0) is 42.3 Å². The van der Waals surface area contributed by atoms with E-state index in [2.05, 4.69) is 15.6 Å². The highest BCUT2D eigenvalue weighted by Crippen LogP contribution is 2.18. The van der Waals surface area contributed by atoms with Gasteiger partial charge in [0.2, 0.25) is 11.8 Å². The first-order chi connectivity index (χ1) is 15.6. The van der Waals surface area contributed by atoms with Gasteiger partial charge in [0, 0.05) is 6.54 Å². The first-order valence-corrected chi connectivity index (χ1v) is 10.2. The second-order valence-corrected chi connectivity index (χ2v) is 7.57. The number of benzene rings is 2. The fraction of sp³-hybridized carbons (Fsp3) is 0.227. The molecule has 10 nitrogen and oxygen atoms in total. The maximum atomic E-state index is 12.5. The minimum Gasteiger partial charge on any atom is -0.408 e. The summed E-state index contributed by atoms with van der Waals surface area (Å²) in [4.78, 5) is 38.8. The first kappa shape index (κ1) is 19.7. The van der Waals surface area contributed by atoms with Crippen molar-refractivity contribution in [2.24, 2.45) is 0 Å². The van der Waals surface area contributed by atoms with Gasteiger partial charge < -0.3 is 14.6 Å². The van der Waals surface area contributed by atoms with Crippen molar-refractivity contribution in [2.45, 2.75) is 32.7 Å². The van der Waals surface area contributed by atoms with Crippen LogP contribution in [0, 0.1) is 0 Å². The number of oxazole rings is 1. The number of amides is 2. The Morgan fingerprint density at radius 1 is 1.03 bits per heavy atom. The Morgan fingerprint density at radius 3 is 2.66 bits per heavy atom. The Kier molecular flexibility index (Phi) is 5.02. The summed E-state index contributed by atoms with van der Waals surface area (Å²) in [6, 6.07) is 16.7. The molecule has 4 aromatic rings. The van der Waals surface area contributed by atoms with Crippen molar-refractivity contribution in [3.05, 3.63) is 82.1 Å². The van der Waals surface area contributed by atoms with Gasteiger partial charge in [-0.1, -0.05) is 47.7 Å². The number of nitrogens with one attached hydrogen (secondary N) is 1. The lowest BCUT2D eigenvalue weighted by Crippen LogP contribution is -2.39. The van der Waals surface area contributed by atoms with Crippen LogP contribution in [-0.4, -0.2) is 36.3 Å². The molecule has 0 bridgehead atoms. The lowest BCUT2D eigenvalue weighted by molar-refractivity contribution is -0.135. The maximum absolute atomic E-state index is 12.5. The van der Waals surface area contributed by atoms with E-state index in [1.807, 2.05) is 30.3 Å². The van der Waals surface area contributed by atoms with E-state index in [1.165, 1.54) is 4.57 Å². The monoisotopic (exact) mass is 432 g/mol. The van der Waals surface area contributed by atoms with Crippen LogP contribution in [0.4, 0.5) is 0 Å². The number of fused-ring (bicyclic) bond motifs is 2. The summed E-state index contributed by atoms with van der Waals surface area (Å²) in [6.45, 7) is 0.939. The maximum Gasteiger partial charge on any atom is 0.420 e. The van der Waals surface area contributed by atoms with E-state index in [0.29, 0.717) is 29.9 Å². The summed E-state index contributed by atoms with van der Waals surface area (Å²) in [7, 11) is 0. The van der Waals surface area contributed by atoms with Gasteiger partial charge in [-0.05, 0) is 17.7 Å². The highest BCUT2D eigenvalue weighted by atomic mass is 16.4. The molecular formula is C22H20N6O4. The first-order valence-electron chi connectivity index (χ1n) is 10.2. The Labute approximate surface area is 182 Å². The number of nitrogens with zero attached hydrogens (tertiary/aromatic N) is 5. The molecule has 0 unspecified atom stereocenters. The fourth-order valence-electron chi connectivity index (χ4n) is 3.80. The van der Waals surface area contributed by atoms with Crippen molar-refractivity contribution >= 4 is 22.9 Å². The van der Waals surface area contributed by atoms with Gasteiger partial charge in [-0.2, -0.15) is 0 Å². The molecule has 10 heteroatoms. The SMILES string of the molecule is O=C(Cn1c(=O)oc2ccccc21)NCc1nnn2c1CN(Cc1ccccc1)C(=O)C2. The van der Waals surface area contributed by atoms with E-state index >= 15 is 0 Å². The van der Waals surface area contributed by atoms with Crippen LogP contribution >= 0.6 is 0 Å². The van der Waals surface area contributed by atoms with E-state index in [0.717, 1.165) is 11.3 Å². The van der Waals surface area contributed by atoms with Crippen LogP contribution in [0.1, 0.15) is 17.0 Å². The van der Waals surface area contributed by atoms with E-state index in [-0.39, 0.29) is 31.4 Å². The Balaban J connectivity index is 1.26. The van der Waals surface area contributed by atoms with Gasteiger partial charge in [-0.3, -0.25) is 14.2 Å². The molecule has 2 aromatic carbocycles. The highest BCUT2D eigenvalue weighted by Gasteiger charge is 2.27. The van der Waals surface area contributed by atoms with Gasteiger partial charge in [0.05, 0.1) is 24.3 Å². The minimum absolute atomic E-state index is 0.0342. The molecule has 1 N–H and O–H groups in total. The summed E-state index contributed by atoms with van der Waals surface area (Å²) in [5.74, 6) is -0.973. The minimum atomic E-state index is -0.586. The van der Waals surface area contributed by atoms with Gasteiger partial charge in [-0.15, -0.1) is 5.10 Å². The molecule has 0 atom stereocenters. The predicted octanol–water partition coefficient (Wildman–Crippen LogP) is 1.04. The molecule has 5 rings (SSSR count). The second-order valence-electron chi connectivity index (χ2n) is 7.57. The van der Waals surface area contributed by atoms with Crippen LogP contribution < -0.4 is 11.1 Å². The molecule has 1 aliphatic rings. The highest BCUT2D eigenvalue weighted by molar-refractivity contribution is 5.79. The molecule has 162 valence electrons. The fourth-order valence-corrected chi connectivity index (χ4v) is 3.80. The lowest BCUT2D eigenvalue weighted by atomic mass is 10.1. The summed E-state index contributed by atoms with van der Waals surface area (Å²) in [5.41, 5.74) is 3.40. The van der Waals surface area contributed by atoms with Crippen LogP contribution in [0.25, 0.3) is 11.1 Å². The van der Waals surface area contributed by atoms with Crippen LogP contribution in [0.15, 0.2) is 63.8 Å². The molecule has 1 aliphatic heterocycles. The topological polar surface area (TPSA) is 115 Å². The quantitative estimate of drug-likeness (QED) is 0.487. The molecular weight excluding hydrogens is 412 g/mol. The number of para-hydroxylation sites is 2. The zero-order chi connectivity index (χ0) is 22.1. The van der Waals surface area contributed by atoms with Crippen molar-refractivity contribution in [2.75, 3.05) is 0 Å². The number of carbonyl (C=O) groups is 2. The summed E-state index contributed by atoms with van der Waals surface area (Å²) in [5, 5.41) is 11.0. The number of rotatable bonds is 6. The van der Waals surface area contributed by atoms with Gasteiger partial charge in [0.1, 0.15) is 18.8 Å². The zero-order valence-electron chi connectivity index (χ0n) is 17.1. The van der Waals surface area contributed by atoms with Crippen LogP contribution in [0.2, 0.25) is 0 Å². The standard InChI is InChI=1S/C22H20N6O4/c29-20(13-27-17-8-4-5-9-19(17)32-22(27)31)23-10-16-18-12-26(11-15-6-2-1-3-7-15)21(30)14-28(18)25-24-16/h1-9H,10-14H2,(H,23,29). The molecule has 0 radical (unpaired) electrons. The van der Waals surface area contributed by atoms with Crippen molar-refractivity contribution < 1.29 is 14.0 Å². The number of aromatic nitrogens is 4. The third-order valence-corrected chi connectivity index (χ3v) is 5.44. The normalized spacial score (nSPS) is 13.4. The molecule has 0 saturated heterocycles. The van der Waals surface area contributed by atoms with Gasteiger partial charge in [-0.25, -0.2) is 9.48 Å². The van der Waals surface area contributed by atoms with Crippen LogP contribution in [0.3, 0.4) is 0 Å². The van der Waals surface area contributed by atoms with Crippen molar-refractivity contribution in [3.8, 4) is 0 Å². The molecule has 2 amide bonds. The largest absolute Gasteiger partial charge is 0.420 e. The smallest absolute Gasteiger partial charge is 0.408 e. The third kappa shape index (κ3) is 3.78. The Morgan fingerprint density at radius 2 is 1.81 bits per heavy atom. The Bertz CT molecular complexity index is 1350. The van der Waals surface area contributed by atoms with Gasteiger partial charge in [0.25, 0.3) is 0 Å². The molecule has 0 aliphatic carbocycles. The lowest BCUT2D eigenvalue weighted by Gasteiger charge is -2.27. The van der Waals surface area contributed by atoms with Crippen molar-refractivity contribution in [3.63, 3.8) is 0 Å². The summed E-state index contributed by atoms with van der Waals surface area (Å²) >= 11 is 0. The van der Waals surface area contributed by atoms with E-state index < -0.39 is 5.76 Å². The van der Waals surface area contributed by atoms with Crippen molar-refractivity contribution in [1.82, 2.24) is 29.8 Å². The van der Waals surface area contributed by atoms with Crippen LogP contribution in [0.5, 0.6) is 0 Å². The van der Waals surface area contributed by atoms with Gasteiger partial charge in [0.15, 0.2) is 5.58 Å². The molecule has 2 aromatic heterocycles. The van der Waals surface area contributed by atoms with Gasteiger partial charge >= 0.3 is 5.76 Å². The number of carbonyl (C=O) groups excluding carboxylic acids is 2. The van der Waals surface area contributed by atoms with E-state index in [1.54, 1.807) is 33.8 Å². The zero-order valence-corrected chi connectivity index (χ0v) is 17.1. The molecule has 0 fully saturated rings. The number of hydrogen-bond donors (Lipinski definition) is 1. The molecule has 0 saturated carbocycles. The van der Waals surface area contributed by atoms with Crippen molar-refractivity contribution in [1.29, 1.82) is 0 Å². The molecule has 3 heterocycles. The molecule has 0 spiro atoms. The number of hydrogen-bond acceptors (Lipinski definition) is 6. The Hall–Kier alpha value is -4.21. The second kappa shape index (κ2) is 8.14. The predicted molar refractivity (Wildman–Crippen MR) is 113 cm³/mol. The average Bonchev–Trinajstić information content (AvgIpc) is 3.33. The molecule has 32 heavy (non-hydrogen) atoms. The van der Waals surface area contributed by atoms with E-state index in [4.69, 9.17) is 4.42 Å².